The molecule has 0 aromatic carbocycles. The van der Waals surface area contributed by atoms with E-state index in [9.17, 15) is 13.6 Å². The van der Waals surface area contributed by atoms with E-state index < -0.39 is 12.4 Å². The largest absolute Gasteiger partial charge is 0.461 e. The molecule has 1 rings (SSSR count). The Balaban J connectivity index is 3.29. The fourth-order valence-corrected chi connectivity index (χ4v) is 2.68. The number of pyridine rings is 1. The highest BCUT2D eigenvalue weighted by Gasteiger charge is 2.24. The lowest BCUT2D eigenvalue weighted by Crippen LogP contribution is -2.12. The fourth-order valence-electron chi connectivity index (χ4n) is 1.06. The molecule has 0 unspecified atom stereocenters. The van der Waals surface area contributed by atoms with Crippen molar-refractivity contribution < 1.29 is 18.3 Å². The number of hydrogen-bond donors (Lipinski definition) is 0. The Morgan fingerprint density at radius 1 is 1.69 bits per heavy atom. The summed E-state index contributed by atoms with van der Waals surface area (Å²) in [6.45, 7) is 1.72. The van der Waals surface area contributed by atoms with Crippen LogP contribution in [0.15, 0.2) is 10.7 Å². The molecule has 1 aromatic rings. The van der Waals surface area contributed by atoms with Crippen molar-refractivity contribution in [2.45, 2.75) is 13.3 Å². The first-order valence-corrected chi connectivity index (χ1v) is 6.15. The number of esters is 1. The normalized spacial score (nSPS) is 10.6. The summed E-state index contributed by atoms with van der Waals surface area (Å²) in [4.78, 5) is 15.2. The van der Waals surface area contributed by atoms with Crippen molar-refractivity contribution in [3.05, 3.63) is 25.5 Å². The van der Waals surface area contributed by atoms with Gasteiger partial charge in [0.15, 0.2) is 5.69 Å². The zero-order chi connectivity index (χ0) is 12.3. The quantitative estimate of drug-likeness (QED) is 0.438. The number of hydrogen-bond acceptors (Lipinski definition) is 3. The van der Waals surface area contributed by atoms with Gasteiger partial charge in [-0.05, 0) is 51.5 Å². The van der Waals surface area contributed by atoms with E-state index in [-0.39, 0.29) is 21.4 Å². The van der Waals surface area contributed by atoms with Crippen LogP contribution in [0, 0.1) is 3.57 Å². The number of carbonyl (C=O) groups is 1. The molecule has 0 amide bonds. The summed E-state index contributed by atoms with van der Waals surface area (Å²) in [5, 5.41) is 0. The van der Waals surface area contributed by atoms with Gasteiger partial charge in [0.1, 0.15) is 4.60 Å². The van der Waals surface area contributed by atoms with E-state index in [1.54, 1.807) is 29.5 Å². The SMILES string of the molecule is CCOC(=O)c1nc(Br)cc(I)c1C(F)F. The third kappa shape index (κ3) is 3.09. The summed E-state index contributed by atoms with van der Waals surface area (Å²) in [7, 11) is 0. The molecule has 0 radical (unpaired) electrons. The molecular formula is C9H7BrF2INO2. The van der Waals surface area contributed by atoms with Gasteiger partial charge in [-0.1, -0.05) is 0 Å². The standard InChI is InChI=1S/C9H7BrF2INO2/c1-2-16-9(15)7-6(8(11)12)4(13)3-5(10)14-7/h3,8H,2H2,1H3. The molecule has 0 bridgehead atoms. The number of aromatic nitrogens is 1. The fraction of sp³-hybridized carbons (Fsp3) is 0.333. The van der Waals surface area contributed by atoms with Gasteiger partial charge in [-0.3, -0.25) is 0 Å². The Labute approximate surface area is 113 Å². The van der Waals surface area contributed by atoms with Crippen LogP contribution in [0.1, 0.15) is 29.4 Å². The van der Waals surface area contributed by atoms with Gasteiger partial charge >= 0.3 is 5.97 Å². The molecule has 0 saturated heterocycles. The van der Waals surface area contributed by atoms with Crippen molar-refractivity contribution in [3.63, 3.8) is 0 Å². The number of halogens is 4. The number of ether oxygens (including phenoxy) is 1. The summed E-state index contributed by atoms with van der Waals surface area (Å²) in [6.07, 6.45) is -2.76. The van der Waals surface area contributed by atoms with Gasteiger partial charge in [-0.2, -0.15) is 0 Å². The molecule has 16 heavy (non-hydrogen) atoms. The van der Waals surface area contributed by atoms with E-state index in [1.807, 2.05) is 0 Å². The smallest absolute Gasteiger partial charge is 0.357 e. The van der Waals surface area contributed by atoms with E-state index in [4.69, 9.17) is 0 Å². The molecule has 1 aromatic heterocycles. The van der Waals surface area contributed by atoms with Crippen molar-refractivity contribution >= 4 is 44.5 Å². The highest BCUT2D eigenvalue weighted by molar-refractivity contribution is 14.1. The summed E-state index contributed by atoms with van der Waals surface area (Å²) >= 11 is 4.78. The van der Waals surface area contributed by atoms with Crippen LogP contribution in [0.3, 0.4) is 0 Å². The van der Waals surface area contributed by atoms with Gasteiger partial charge in [-0.15, -0.1) is 0 Å². The molecule has 0 aliphatic heterocycles. The van der Waals surface area contributed by atoms with Crippen molar-refractivity contribution in [3.8, 4) is 0 Å². The molecule has 0 N–H and O–H groups in total. The maximum atomic E-state index is 12.8. The summed E-state index contributed by atoms with van der Waals surface area (Å²) in [5.74, 6) is -0.836. The Hall–Kier alpha value is -0.310. The predicted molar refractivity (Wildman–Crippen MR) is 65.6 cm³/mol. The lowest BCUT2D eigenvalue weighted by molar-refractivity contribution is 0.0507. The minimum atomic E-state index is -2.76. The van der Waals surface area contributed by atoms with E-state index >= 15 is 0 Å². The van der Waals surface area contributed by atoms with Crippen LogP contribution in [0.5, 0.6) is 0 Å². The zero-order valence-electron chi connectivity index (χ0n) is 8.14. The third-order valence-electron chi connectivity index (χ3n) is 1.66. The Morgan fingerprint density at radius 3 is 2.81 bits per heavy atom. The van der Waals surface area contributed by atoms with E-state index in [1.165, 1.54) is 6.07 Å². The van der Waals surface area contributed by atoms with Crippen LogP contribution < -0.4 is 0 Å². The minimum absolute atomic E-state index is 0.117. The minimum Gasteiger partial charge on any atom is -0.461 e. The molecule has 0 fully saturated rings. The number of nitrogens with zero attached hydrogens (tertiary/aromatic N) is 1. The Bertz CT molecular complexity index is 415. The monoisotopic (exact) mass is 405 g/mol. The van der Waals surface area contributed by atoms with Crippen LogP contribution >= 0.6 is 38.5 Å². The van der Waals surface area contributed by atoms with Gasteiger partial charge in [-0.25, -0.2) is 18.6 Å². The van der Waals surface area contributed by atoms with Crippen LogP contribution in [-0.2, 0) is 4.74 Å². The molecule has 88 valence electrons. The van der Waals surface area contributed by atoms with E-state index in [2.05, 4.69) is 25.7 Å². The molecule has 1 heterocycles. The lowest BCUT2D eigenvalue weighted by Gasteiger charge is -2.09. The molecular weight excluding hydrogens is 399 g/mol. The molecule has 0 saturated carbocycles. The zero-order valence-corrected chi connectivity index (χ0v) is 11.9. The lowest BCUT2D eigenvalue weighted by atomic mass is 10.2. The first-order valence-electron chi connectivity index (χ1n) is 4.28. The highest BCUT2D eigenvalue weighted by atomic mass is 127. The maximum absolute atomic E-state index is 12.8. The van der Waals surface area contributed by atoms with Gasteiger partial charge in [0.25, 0.3) is 6.43 Å². The molecule has 0 spiro atoms. The summed E-state index contributed by atoms with van der Waals surface area (Å²) < 4.78 is 30.8. The highest BCUT2D eigenvalue weighted by Crippen LogP contribution is 2.29. The van der Waals surface area contributed by atoms with Crippen LogP contribution in [0.2, 0.25) is 0 Å². The van der Waals surface area contributed by atoms with Crippen molar-refractivity contribution in [2.75, 3.05) is 6.61 Å². The van der Waals surface area contributed by atoms with Crippen LogP contribution in [0.25, 0.3) is 0 Å². The van der Waals surface area contributed by atoms with Crippen LogP contribution in [-0.4, -0.2) is 17.6 Å². The second-order valence-corrected chi connectivity index (χ2v) is 4.68. The molecule has 0 aliphatic rings. The van der Waals surface area contributed by atoms with E-state index in [0.29, 0.717) is 4.60 Å². The van der Waals surface area contributed by atoms with Crippen LogP contribution in [0.4, 0.5) is 8.78 Å². The number of carbonyl (C=O) groups excluding carboxylic acids is 1. The van der Waals surface area contributed by atoms with Crippen molar-refractivity contribution in [1.29, 1.82) is 0 Å². The van der Waals surface area contributed by atoms with Gasteiger partial charge < -0.3 is 4.74 Å². The Morgan fingerprint density at radius 2 is 2.31 bits per heavy atom. The van der Waals surface area contributed by atoms with Crippen molar-refractivity contribution in [2.24, 2.45) is 0 Å². The summed E-state index contributed by atoms with van der Waals surface area (Å²) in [5.41, 5.74) is -0.724. The van der Waals surface area contributed by atoms with Gasteiger partial charge in [0.05, 0.1) is 12.2 Å². The average Bonchev–Trinajstić information content (AvgIpc) is 2.15. The summed E-state index contributed by atoms with van der Waals surface area (Å²) in [6, 6.07) is 1.42. The second-order valence-electron chi connectivity index (χ2n) is 2.71. The first-order chi connectivity index (χ1) is 7.47. The maximum Gasteiger partial charge on any atom is 0.357 e. The number of alkyl halides is 2. The number of rotatable bonds is 3. The molecule has 0 aliphatic carbocycles. The molecule has 7 heteroatoms. The first kappa shape index (κ1) is 13.8. The molecule has 0 atom stereocenters. The molecule has 3 nitrogen and oxygen atoms in total. The van der Waals surface area contributed by atoms with Gasteiger partial charge in [0.2, 0.25) is 0 Å². The average molecular weight is 406 g/mol. The predicted octanol–water partition coefficient (Wildman–Crippen LogP) is 3.56. The van der Waals surface area contributed by atoms with Crippen molar-refractivity contribution in [1.82, 2.24) is 4.98 Å². The second kappa shape index (κ2) is 5.85. The third-order valence-corrected chi connectivity index (χ3v) is 2.96. The Kier molecular flexibility index (Phi) is 5.03. The topological polar surface area (TPSA) is 39.2 Å². The van der Waals surface area contributed by atoms with E-state index in [0.717, 1.165) is 0 Å². The van der Waals surface area contributed by atoms with Gasteiger partial charge in [0, 0.05) is 3.57 Å².